The summed E-state index contributed by atoms with van der Waals surface area (Å²) >= 11 is 0. The summed E-state index contributed by atoms with van der Waals surface area (Å²) in [6.07, 6.45) is 1.72. The Morgan fingerprint density at radius 1 is 0.963 bits per heavy atom. The Balaban J connectivity index is 1.23. The molecule has 1 atom stereocenters. The van der Waals surface area contributed by atoms with Gasteiger partial charge in [-0.3, -0.25) is 32.9 Å². The first kappa shape index (κ1) is 41.0. The second-order valence-corrected chi connectivity index (χ2v) is 13.0. The van der Waals surface area contributed by atoms with Crippen molar-refractivity contribution in [2.45, 2.75) is 52.1 Å². The topological polar surface area (TPSA) is 276 Å². The van der Waals surface area contributed by atoms with Crippen molar-refractivity contribution in [3.63, 3.8) is 0 Å². The molecule has 7 N–H and O–H groups in total. The number of rotatable bonds is 21. The third-order valence-corrected chi connectivity index (χ3v) is 9.03. The Morgan fingerprint density at radius 2 is 1.67 bits per heavy atom. The maximum absolute atomic E-state index is 12.9. The number of carboxylic acid groups (broad SMARTS) is 1. The smallest absolute Gasteiger partial charge is 0.474 e. The number of para-hydroxylation sites is 1. The highest BCUT2D eigenvalue weighted by molar-refractivity contribution is 7.48. The number of benzene rings is 2. The number of hydrogen-bond acceptors (Lipinski definition) is 15. The van der Waals surface area contributed by atoms with Crippen LogP contribution >= 0.6 is 7.82 Å². The lowest BCUT2D eigenvalue weighted by Crippen LogP contribution is -2.41. The summed E-state index contributed by atoms with van der Waals surface area (Å²) < 4.78 is 33.0. The van der Waals surface area contributed by atoms with Crippen LogP contribution in [0.5, 0.6) is 0 Å². The summed E-state index contributed by atoms with van der Waals surface area (Å²) in [5, 5.41) is 17.9. The first-order chi connectivity index (χ1) is 25.9. The molecule has 0 radical (unpaired) electrons. The van der Waals surface area contributed by atoms with Crippen LogP contribution in [0.4, 0.5) is 17.3 Å². The highest BCUT2D eigenvalue weighted by atomic mass is 31.2. The van der Waals surface area contributed by atoms with Crippen LogP contribution < -0.4 is 27.2 Å². The van der Waals surface area contributed by atoms with Gasteiger partial charge in [-0.1, -0.05) is 12.1 Å². The van der Waals surface area contributed by atoms with Crippen LogP contribution in [0.1, 0.15) is 65.9 Å². The Bertz CT molecular complexity index is 2030. The number of carbonyl (C=O) groups excluding carboxylic acids is 3. The highest BCUT2D eigenvalue weighted by Crippen LogP contribution is 2.49. The van der Waals surface area contributed by atoms with E-state index in [1.165, 1.54) is 30.5 Å². The maximum Gasteiger partial charge on any atom is 0.474 e. The summed E-state index contributed by atoms with van der Waals surface area (Å²) in [4.78, 5) is 77.2. The predicted molar refractivity (Wildman–Crippen MR) is 196 cm³/mol. The quantitative estimate of drug-likeness (QED) is 0.0401. The predicted octanol–water partition coefficient (Wildman–Crippen LogP) is 3.64. The minimum atomic E-state index is -3.63. The number of carbonyl (C=O) groups is 4. The summed E-state index contributed by atoms with van der Waals surface area (Å²) in [6, 6.07) is 11.0. The second kappa shape index (κ2) is 19.9. The number of phosphoric ester groups is 1. The Labute approximate surface area is 309 Å². The van der Waals surface area contributed by atoms with Crippen molar-refractivity contribution in [1.29, 1.82) is 0 Å². The third-order valence-electron chi connectivity index (χ3n) is 7.39. The molecule has 54 heavy (non-hydrogen) atoms. The number of anilines is 3. The molecule has 288 valence electrons. The van der Waals surface area contributed by atoms with E-state index in [1.807, 2.05) is 0 Å². The molecule has 4 aromatic rings. The third kappa shape index (κ3) is 12.2. The minimum absolute atomic E-state index is 0.0235. The number of aliphatic carboxylic acids is 1. The molecule has 0 aliphatic heterocycles. The van der Waals surface area contributed by atoms with Gasteiger partial charge in [0.1, 0.15) is 6.04 Å². The number of amides is 2. The van der Waals surface area contributed by atoms with Gasteiger partial charge >= 0.3 is 19.8 Å². The van der Waals surface area contributed by atoms with Crippen LogP contribution in [0, 0.1) is 0 Å². The fourth-order valence-electron chi connectivity index (χ4n) is 4.80. The van der Waals surface area contributed by atoms with E-state index < -0.39 is 43.2 Å². The molecular formula is C34H41N8O11P. The lowest BCUT2D eigenvalue weighted by atomic mass is 10.1. The van der Waals surface area contributed by atoms with Gasteiger partial charge in [0.2, 0.25) is 11.9 Å². The normalized spacial score (nSPS) is 11.8. The number of esters is 1. The van der Waals surface area contributed by atoms with E-state index in [2.05, 4.69) is 35.9 Å². The van der Waals surface area contributed by atoms with Crippen molar-refractivity contribution >= 4 is 60.1 Å². The first-order valence-electron chi connectivity index (χ1n) is 16.9. The minimum Gasteiger partial charge on any atom is -0.480 e. The van der Waals surface area contributed by atoms with Gasteiger partial charge in [0.15, 0.2) is 11.2 Å². The number of fused-ring (bicyclic) bond motifs is 1. The molecule has 0 saturated heterocycles. The number of nitrogens with zero attached hydrogens (tertiary/aromatic N) is 3. The Morgan fingerprint density at radius 3 is 2.37 bits per heavy atom. The average molecular weight is 769 g/mol. The number of ether oxygens (including phenoxy) is 1. The summed E-state index contributed by atoms with van der Waals surface area (Å²) in [5.74, 6) is -3.36. The lowest BCUT2D eigenvalue weighted by molar-refractivity contribution is -0.139. The van der Waals surface area contributed by atoms with E-state index in [0.29, 0.717) is 24.2 Å². The molecule has 0 unspecified atom stereocenters. The zero-order valence-corrected chi connectivity index (χ0v) is 30.4. The van der Waals surface area contributed by atoms with E-state index >= 15 is 0 Å². The molecule has 2 amide bonds. The SMILES string of the molecule is CCOP(=O)(OCC)OCCCCOC(=O)c1ccccc1NC(=O)CC[C@H](NC(=O)c1ccc(NCc2cnc3nc(N)[nH]c(=O)c3n2)cc1)C(=O)O. The van der Waals surface area contributed by atoms with E-state index in [0.717, 1.165) is 0 Å². The molecule has 0 spiro atoms. The van der Waals surface area contributed by atoms with Gasteiger partial charge in [-0.25, -0.2) is 24.1 Å². The number of phosphoric acid groups is 1. The number of nitrogens with one attached hydrogen (secondary N) is 4. The van der Waals surface area contributed by atoms with Gasteiger partial charge in [0, 0.05) is 17.7 Å². The number of carboxylic acids is 1. The van der Waals surface area contributed by atoms with Crippen molar-refractivity contribution < 1.29 is 47.2 Å². The van der Waals surface area contributed by atoms with Gasteiger partial charge in [0.05, 0.1) is 56.1 Å². The van der Waals surface area contributed by atoms with Crippen LogP contribution in [0.15, 0.2) is 59.5 Å². The van der Waals surface area contributed by atoms with Crippen LogP contribution in [0.2, 0.25) is 0 Å². The molecule has 0 saturated carbocycles. The van der Waals surface area contributed by atoms with Crippen molar-refractivity contribution in [3.05, 3.63) is 81.9 Å². The lowest BCUT2D eigenvalue weighted by Gasteiger charge is -2.16. The summed E-state index contributed by atoms with van der Waals surface area (Å²) in [5.41, 5.74) is 6.64. The number of aromatic nitrogens is 4. The molecule has 0 aliphatic carbocycles. The molecular weight excluding hydrogens is 727 g/mol. The largest absolute Gasteiger partial charge is 0.480 e. The highest BCUT2D eigenvalue weighted by Gasteiger charge is 2.25. The fraction of sp³-hybridized carbons (Fsp3) is 0.353. The first-order valence-corrected chi connectivity index (χ1v) is 18.4. The number of nitrogens with two attached hydrogens (primary N) is 1. The van der Waals surface area contributed by atoms with Gasteiger partial charge in [-0.2, -0.15) is 4.98 Å². The molecule has 20 heteroatoms. The van der Waals surface area contributed by atoms with E-state index in [4.69, 9.17) is 24.0 Å². The van der Waals surface area contributed by atoms with Gasteiger partial charge in [-0.05, 0) is 69.5 Å². The second-order valence-electron chi connectivity index (χ2n) is 11.4. The Kier molecular flexibility index (Phi) is 15.1. The zero-order chi connectivity index (χ0) is 39.1. The van der Waals surface area contributed by atoms with Gasteiger partial charge in [0.25, 0.3) is 11.5 Å². The molecule has 2 aromatic carbocycles. The van der Waals surface area contributed by atoms with Crippen LogP contribution in [0.3, 0.4) is 0 Å². The number of nitrogen functional groups attached to an aromatic ring is 1. The molecule has 2 heterocycles. The standard InChI is InChI=1S/C34H41N8O11P/c1-3-51-54(49,52-4-2)53-18-8-7-17-50-33(48)24-9-5-6-10-25(24)39-27(43)16-15-26(32(46)47)40-30(44)21-11-13-22(14-12-21)36-19-23-20-37-29-28(38-23)31(45)42-34(35)41-29/h5-6,9-14,20,26,36H,3-4,7-8,15-19H2,1-2H3,(H,39,43)(H,40,44)(H,46,47)(H3,35,37,41,42,45)/t26-/m0/s1. The van der Waals surface area contributed by atoms with Gasteiger partial charge in [-0.15, -0.1) is 0 Å². The summed E-state index contributed by atoms with van der Waals surface area (Å²) in [7, 11) is -3.63. The number of aromatic amines is 1. The number of H-pyrrole nitrogens is 1. The molecule has 19 nitrogen and oxygen atoms in total. The molecule has 4 rings (SSSR count). The van der Waals surface area contributed by atoms with Crippen molar-refractivity contribution in [2.75, 3.05) is 42.8 Å². The number of hydrogen-bond donors (Lipinski definition) is 6. The monoisotopic (exact) mass is 768 g/mol. The fourth-order valence-corrected chi connectivity index (χ4v) is 6.01. The molecule has 0 bridgehead atoms. The average Bonchev–Trinajstić information content (AvgIpc) is 3.14. The molecule has 0 aliphatic rings. The summed E-state index contributed by atoms with van der Waals surface area (Å²) in [6.45, 7) is 3.93. The van der Waals surface area contributed by atoms with E-state index in [9.17, 15) is 33.6 Å². The Hall–Kier alpha value is -5.75. The molecule has 2 aromatic heterocycles. The van der Waals surface area contributed by atoms with Crippen LogP contribution in [-0.4, -0.2) is 81.3 Å². The van der Waals surface area contributed by atoms with E-state index in [1.54, 1.807) is 38.1 Å². The number of unbranched alkanes of at least 4 members (excludes halogenated alkanes) is 1. The molecule has 0 fully saturated rings. The van der Waals surface area contributed by atoms with Crippen LogP contribution in [0.25, 0.3) is 11.2 Å². The maximum atomic E-state index is 12.9. The van der Waals surface area contributed by atoms with Crippen molar-refractivity contribution in [3.8, 4) is 0 Å². The van der Waals surface area contributed by atoms with Crippen molar-refractivity contribution in [1.82, 2.24) is 25.3 Å². The van der Waals surface area contributed by atoms with Crippen LogP contribution in [-0.2, 0) is 39.0 Å². The van der Waals surface area contributed by atoms with E-state index in [-0.39, 0.29) is 79.7 Å². The van der Waals surface area contributed by atoms with Crippen molar-refractivity contribution in [2.24, 2.45) is 0 Å². The van der Waals surface area contributed by atoms with Gasteiger partial charge < -0.3 is 31.5 Å². The zero-order valence-electron chi connectivity index (χ0n) is 29.5.